The lowest BCUT2D eigenvalue weighted by Gasteiger charge is -2.21. The molecule has 0 aliphatic heterocycles. The van der Waals surface area contributed by atoms with Gasteiger partial charge < -0.3 is 5.32 Å². The summed E-state index contributed by atoms with van der Waals surface area (Å²) in [5.74, 6) is -2.87. The molecule has 0 bridgehead atoms. The Morgan fingerprint density at radius 2 is 1.74 bits per heavy atom. The van der Waals surface area contributed by atoms with Crippen molar-refractivity contribution in [3.05, 3.63) is 66.0 Å². The van der Waals surface area contributed by atoms with Crippen molar-refractivity contribution in [2.75, 3.05) is 6.54 Å². The maximum absolute atomic E-state index is 14.0. The number of rotatable bonds is 5. The van der Waals surface area contributed by atoms with Crippen molar-refractivity contribution in [2.45, 2.75) is 18.9 Å². The highest BCUT2D eigenvalue weighted by atomic mass is 19.3. The van der Waals surface area contributed by atoms with Crippen molar-refractivity contribution in [1.82, 2.24) is 10.3 Å². The molecule has 2 aromatic rings. The minimum Gasteiger partial charge on any atom is -0.304 e. The lowest BCUT2D eigenvalue weighted by Crippen LogP contribution is -2.32. The van der Waals surface area contributed by atoms with Crippen LogP contribution in [-0.2, 0) is 5.92 Å². The average molecular weight is 262 g/mol. The van der Waals surface area contributed by atoms with Crippen molar-refractivity contribution in [3.8, 4) is 0 Å². The zero-order chi connectivity index (χ0) is 13.7. The van der Waals surface area contributed by atoms with E-state index in [1.54, 1.807) is 30.6 Å². The molecule has 100 valence electrons. The second-order valence-electron chi connectivity index (χ2n) is 4.45. The predicted octanol–water partition coefficient (Wildman–Crippen LogP) is 3.52. The van der Waals surface area contributed by atoms with Gasteiger partial charge in [0.1, 0.15) is 0 Å². The Bertz CT molecular complexity index is 500. The number of alkyl halides is 2. The summed E-state index contributed by atoms with van der Waals surface area (Å²) in [7, 11) is 0. The van der Waals surface area contributed by atoms with Gasteiger partial charge in [-0.3, -0.25) is 4.98 Å². The molecule has 0 radical (unpaired) electrons. The zero-order valence-electron chi connectivity index (χ0n) is 10.7. The number of hydrogen-bond donors (Lipinski definition) is 1. The van der Waals surface area contributed by atoms with Crippen molar-refractivity contribution in [2.24, 2.45) is 0 Å². The molecule has 0 saturated heterocycles. The van der Waals surface area contributed by atoms with Gasteiger partial charge in [0.25, 0.3) is 5.92 Å². The van der Waals surface area contributed by atoms with Crippen LogP contribution in [-0.4, -0.2) is 11.5 Å². The van der Waals surface area contributed by atoms with Gasteiger partial charge in [0, 0.05) is 24.0 Å². The summed E-state index contributed by atoms with van der Waals surface area (Å²) in [5, 5.41) is 2.86. The van der Waals surface area contributed by atoms with E-state index in [4.69, 9.17) is 0 Å². The lowest BCUT2D eigenvalue weighted by molar-refractivity contribution is -0.00534. The Morgan fingerprint density at radius 3 is 2.37 bits per heavy atom. The van der Waals surface area contributed by atoms with Crippen LogP contribution in [0.1, 0.15) is 24.1 Å². The second-order valence-corrected chi connectivity index (χ2v) is 4.45. The van der Waals surface area contributed by atoms with Gasteiger partial charge in [-0.15, -0.1) is 0 Å². The SMILES string of the molecule is C[C@@H](NCC(F)(F)c1ccccc1)c1ccncc1. The van der Waals surface area contributed by atoms with E-state index < -0.39 is 5.92 Å². The summed E-state index contributed by atoms with van der Waals surface area (Å²) in [4.78, 5) is 3.91. The summed E-state index contributed by atoms with van der Waals surface area (Å²) in [6, 6.07) is 11.4. The van der Waals surface area contributed by atoms with Gasteiger partial charge in [-0.25, -0.2) is 0 Å². The minimum absolute atomic E-state index is 0.0319. The number of halogens is 2. The highest BCUT2D eigenvalue weighted by molar-refractivity contribution is 5.21. The van der Waals surface area contributed by atoms with Crippen molar-refractivity contribution >= 4 is 0 Å². The molecule has 19 heavy (non-hydrogen) atoms. The largest absolute Gasteiger partial charge is 0.304 e. The molecule has 0 amide bonds. The van der Waals surface area contributed by atoms with E-state index in [0.717, 1.165) is 5.56 Å². The molecule has 4 heteroatoms. The fourth-order valence-corrected chi connectivity index (χ4v) is 1.84. The Labute approximate surface area is 111 Å². The molecule has 1 aromatic carbocycles. The van der Waals surface area contributed by atoms with E-state index in [9.17, 15) is 8.78 Å². The standard InChI is InChI=1S/C15H16F2N2/c1-12(13-7-9-18-10-8-13)19-11-15(16,17)14-5-3-2-4-6-14/h2-10,12,19H,11H2,1H3/t12-/m1/s1. The van der Waals surface area contributed by atoms with Crippen LogP contribution in [0.3, 0.4) is 0 Å². The second kappa shape index (κ2) is 5.89. The third kappa shape index (κ3) is 3.58. The molecule has 0 saturated carbocycles. The molecule has 0 unspecified atom stereocenters. The van der Waals surface area contributed by atoms with Crippen LogP contribution in [0, 0.1) is 0 Å². The first kappa shape index (κ1) is 13.6. The highest BCUT2D eigenvalue weighted by Gasteiger charge is 2.31. The van der Waals surface area contributed by atoms with Gasteiger partial charge in [-0.1, -0.05) is 30.3 Å². The summed E-state index contributed by atoms with van der Waals surface area (Å²) in [6.07, 6.45) is 3.31. The number of aromatic nitrogens is 1. The molecule has 0 spiro atoms. The summed E-state index contributed by atoms with van der Waals surface area (Å²) in [5.41, 5.74) is 0.975. The molecule has 0 aliphatic rings. The third-order valence-corrected chi connectivity index (χ3v) is 3.03. The Morgan fingerprint density at radius 1 is 1.11 bits per heavy atom. The van der Waals surface area contributed by atoms with Gasteiger partial charge in [-0.05, 0) is 24.6 Å². The average Bonchev–Trinajstić information content (AvgIpc) is 2.47. The van der Waals surface area contributed by atoms with Crippen molar-refractivity contribution in [3.63, 3.8) is 0 Å². The van der Waals surface area contributed by atoms with Crippen LogP contribution < -0.4 is 5.32 Å². The van der Waals surface area contributed by atoms with Crippen molar-refractivity contribution < 1.29 is 8.78 Å². The molecular weight excluding hydrogens is 246 g/mol. The molecular formula is C15H16F2N2. The topological polar surface area (TPSA) is 24.9 Å². The zero-order valence-corrected chi connectivity index (χ0v) is 10.7. The molecule has 1 atom stereocenters. The molecule has 0 aliphatic carbocycles. The smallest absolute Gasteiger partial charge is 0.285 e. The first-order valence-electron chi connectivity index (χ1n) is 6.16. The van der Waals surface area contributed by atoms with E-state index >= 15 is 0 Å². The van der Waals surface area contributed by atoms with E-state index in [-0.39, 0.29) is 18.2 Å². The van der Waals surface area contributed by atoms with Crippen LogP contribution in [0.5, 0.6) is 0 Å². The fourth-order valence-electron chi connectivity index (χ4n) is 1.84. The lowest BCUT2D eigenvalue weighted by atomic mass is 10.1. The summed E-state index contributed by atoms with van der Waals surface area (Å²) in [6.45, 7) is 1.47. The van der Waals surface area contributed by atoms with E-state index in [2.05, 4.69) is 10.3 Å². The number of nitrogens with one attached hydrogen (secondary N) is 1. The number of nitrogens with zero attached hydrogens (tertiary/aromatic N) is 1. The Kier molecular flexibility index (Phi) is 4.22. The van der Waals surface area contributed by atoms with Crippen LogP contribution in [0.15, 0.2) is 54.9 Å². The summed E-state index contributed by atoms with van der Waals surface area (Å²) >= 11 is 0. The van der Waals surface area contributed by atoms with E-state index in [1.807, 2.05) is 19.1 Å². The molecule has 0 fully saturated rings. The number of pyridine rings is 1. The summed E-state index contributed by atoms with van der Waals surface area (Å²) < 4.78 is 27.9. The monoisotopic (exact) mass is 262 g/mol. The first-order valence-corrected chi connectivity index (χ1v) is 6.16. The van der Waals surface area contributed by atoms with Crippen LogP contribution >= 0.6 is 0 Å². The minimum atomic E-state index is -2.87. The van der Waals surface area contributed by atoms with Crippen LogP contribution in [0.2, 0.25) is 0 Å². The normalized spacial score (nSPS) is 13.2. The molecule has 1 N–H and O–H groups in total. The van der Waals surface area contributed by atoms with Gasteiger partial charge >= 0.3 is 0 Å². The van der Waals surface area contributed by atoms with Crippen LogP contribution in [0.25, 0.3) is 0 Å². The van der Waals surface area contributed by atoms with Gasteiger partial charge in [-0.2, -0.15) is 8.78 Å². The van der Waals surface area contributed by atoms with Gasteiger partial charge in [0.2, 0.25) is 0 Å². The quantitative estimate of drug-likeness (QED) is 0.891. The number of hydrogen-bond acceptors (Lipinski definition) is 2. The molecule has 1 heterocycles. The molecule has 1 aromatic heterocycles. The Hall–Kier alpha value is -1.81. The van der Waals surface area contributed by atoms with Crippen molar-refractivity contribution in [1.29, 1.82) is 0 Å². The Balaban J connectivity index is 1.99. The number of benzene rings is 1. The third-order valence-electron chi connectivity index (χ3n) is 3.03. The van der Waals surface area contributed by atoms with Gasteiger partial charge in [0.15, 0.2) is 0 Å². The predicted molar refractivity (Wildman–Crippen MR) is 71.0 cm³/mol. The fraction of sp³-hybridized carbons (Fsp3) is 0.267. The maximum atomic E-state index is 14.0. The van der Waals surface area contributed by atoms with E-state index in [0.29, 0.717) is 0 Å². The first-order chi connectivity index (χ1) is 9.09. The maximum Gasteiger partial charge on any atom is 0.285 e. The highest BCUT2D eigenvalue weighted by Crippen LogP contribution is 2.27. The van der Waals surface area contributed by atoms with Crippen LogP contribution in [0.4, 0.5) is 8.78 Å². The van der Waals surface area contributed by atoms with E-state index in [1.165, 1.54) is 12.1 Å². The molecule has 2 nitrogen and oxygen atoms in total. The molecule has 2 rings (SSSR count). The van der Waals surface area contributed by atoms with Gasteiger partial charge in [0.05, 0.1) is 6.54 Å².